The van der Waals surface area contributed by atoms with Gasteiger partial charge in [0.25, 0.3) is 0 Å². The van der Waals surface area contributed by atoms with Crippen molar-refractivity contribution in [1.29, 1.82) is 0 Å². The zero-order valence-corrected chi connectivity index (χ0v) is 15.9. The van der Waals surface area contributed by atoms with Crippen molar-refractivity contribution in [2.75, 3.05) is 20.1 Å². The van der Waals surface area contributed by atoms with E-state index >= 15 is 0 Å². The van der Waals surface area contributed by atoms with Gasteiger partial charge in [0, 0.05) is 37.0 Å². The molecule has 0 aliphatic heterocycles. The van der Waals surface area contributed by atoms with Crippen molar-refractivity contribution in [2.45, 2.75) is 20.0 Å². The van der Waals surface area contributed by atoms with Crippen molar-refractivity contribution in [3.8, 4) is 0 Å². The predicted molar refractivity (Wildman–Crippen MR) is 107 cm³/mol. The molecule has 27 heavy (non-hydrogen) atoms. The Kier molecular flexibility index (Phi) is 8.10. The second-order valence-corrected chi connectivity index (χ2v) is 6.11. The maximum absolute atomic E-state index is 11.9. The fourth-order valence-corrected chi connectivity index (χ4v) is 2.72. The minimum atomic E-state index is -0.443. The van der Waals surface area contributed by atoms with Gasteiger partial charge < -0.3 is 15.0 Å². The van der Waals surface area contributed by atoms with Crippen LogP contribution in [0.3, 0.4) is 0 Å². The molecule has 0 heterocycles. The summed E-state index contributed by atoms with van der Waals surface area (Å²) in [4.78, 5) is 25.2. The van der Waals surface area contributed by atoms with Crippen LogP contribution in [0.15, 0.2) is 60.7 Å². The van der Waals surface area contributed by atoms with Gasteiger partial charge in [-0.3, -0.25) is 4.79 Å². The van der Waals surface area contributed by atoms with Gasteiger partial charge in [0.2, 0.25) is 0 Å². The van der Waals surface area contributed by atoms with Crippen LogP contribution in [0.1, 0.15) is 34.8 Å². The number of benzene rings is 2. The molecule has 0 unspecified atom stereocenters. The number of likely N-dealkylation sites (N-methyl/N-ethyl adjacent to an activating group) is 1. The highest BCUT2D eigenvalue weighted by Gasteiger charge is 2.11. The lowest BCUT2D eigenvalue weighted by Crippen LogP contribution is -2.32. The summed E-state index contributed by atoms with van der Waals surface area (Å²) in [5.74, 6) is 0. The Morgan fingerprint density at radius 3 is 2.52 bits per heavy atom. The molecular formula is C22H26N2O3. The fourth-order valence-electron chi connectivity index (χ4n) is 2.72. The molecule has 0 aromatic heterocycles. The van der Waals surface area contributed by atoms with Gasteiger partial charge in [-0.25, -0.2) is 4.79 Å². The third-order valence-electron chi connectivity index (χ3n) is 4.10. The molecule has 2 rings (SSSR count). The molecular weight excluding hydrogens is 340 g/mol. The average molecular weight is 366 g/mol. The topological polar surface area (TPSA) is 58.6 Å². The standard InChI is InChI=1S/C22H26N2O3/c1-3-9-21(20-13-8-7-12-19(20)16-25)24(2)15-14-23-22(26)27-17-18-10-5-4-6-11-18/h4-13,16H,3,14-15,17H2,1-2H3,(H,23,26)/b21-9+. The Balaban J connectivity index is 1.87. The van der Waals surface area contributed by atoms with Gasteiger partial charge in [0.15, 0.2) is 6.29 Å². The molecule has 0 atom stereocenters. The molecule has 0 fully saturated rings. The number of hydrogen-bond donors (Lipinski definition) is 1. The lowest BCUT2D eigenvalue weighted by atomic mass is 10.0. The van der Waals surface area contributed by atoms with Gasteiger partial charge >= 0.3 is 6.09 Å². The van der Waals surface area contributed by atoms with Gasteiger partial charge in [0.05, 0.1) is 0 Å². The largest absolute Gasteiger partial charge is 0.445 e. The first-order valence-corrected chi connectivity index (χ1v) is 9.06. The highest BCUT2D eigenvalue weighted by molar-refractivity contribution is 5.85. The first kappa shape index (κ1) is 20.2. The Morgan fingerprint density at radius 1 is 1.11 bits per heavy atom. The van der Waals surface area contributed by atoms with E-state index in [9.17, 15) is 9.59 Å². The number of rotatable bonds is 9. The molecule has 0 bridgehead atoms. The Labute approximate surface area is 160 Å². The van der Waals surface area contributed by atoms with Crippen molar-refractivity contribution in [3.63, 3.8) is 0 Å². The third kappa shape index (κ3) is 6.29. The summed E-state index contributed by atoms with van der Waals surface area (Å²) in [5, 5.41) is 2.76. The number of aldehydes is 1. The first-order valence-electron chi connectivity index (χ1n) is 9.06. The minimum Gasteiger partial charge on any atom is -0.445 e. The summed E-state index contributed by atoms with van der Waals surface area (Å²) in [6, 6.07) is 17.1. The van der Waals surface area contributed by atoms with Crippen LogP contribution in [-0.2, 0) is 11.3 Å². The van der Waals surface area contributed by atoms with Crippen LogP contribution in [0.2, 0.25) is 0 Å². The quantitative estimate of drug-likeness (QED) is 0.679. The summed E-state index contributed by atoms with van der Waals surface area (Å²) in [6.07, 6.45) is 3.35. The van der Waals surface area contributed by atoms with E-state index in [-0.39, 0.29) is 6.61 Å². The Hall–Kier alpha value is -3.08. The van der Waals surface area contributed by atoms with Crippen LogP contribution in [0.25, 0.3) is 5.70 Å². The highest BCUT2D eigenvalue weighted by atomic mass is 16.5. The van der Waals surface area contributed by atoms with E-state index in [1.54, 1.807) is 6.07 Å². The van der Waals surface area contributed by atoms with Crippen molar-refractivity contribution < 1.29 is 14.3 Å². The lowest BCUT2D eigenvalue weighted by Gasteiger charge is -2.24. The minimum absolute atomic E-state index is 0.246. The molecule has 0 radical (unpaired) electrons. The summed E-state index contributed by atoms with van der Waals surface area (Å²) >= 11 is 0. The molecule has 1 N–H and O–H groups in total. The zero-order valence-electron chi connectivity index (χ0n) is 15.9. The van der Waals surface area contributed by atoms with Crippen molar-refractivity contribution in [2.24, 2.45) is 0 Å². The number of carbonyl (C=O) groups excluding carboxylic acids is 2. The number of nitrogens with zero attached hydrogens (tertiary/aromatic N) is 1. The van der Waals surface area contributed by atoms with E-state index in [1.807, 2.05) is 60.5 Å². The molecule has 5 nitrogen and oxygen atoms in total. The molecule has 0 saturated heterocycles. The van der Waals surface area contributed by atoms with Crippen LogP contribution < -0.4 is 5.32 Å². The number of carbonyl (C=O) groups is 2. The van der Waals surface area contributed by atoms with Gasteiger partial charge in [-0.1, -0.05) is 67.6 Å². The Bertz CT molecular complexity index is 772. The van der Waals surface area contributed by atoms with E-state index in [4.69, 9.17) is 4.74 Å². The summed E-state index contributed by atoms with van der Waals surface area (Å²) in [6.45, 7) is 3.33. The van der Waals surface area contributed by atoms with E-state index < -0.39 is 6.09 Å². The van der Waals surface area contributed by atoms with E-state index in [2.05, 4.69) is 18.3 Å². The van der Waals surface area contributed by atoms with Gasteiger partial charge in [-0.05, 0) is 12.0 Å². The molecule has 0 aliphatic carbocycles. The summed E-state index contributed by atoms with van der Waals surface area (Å²) in [7, 11) is 1.94. The number of allylic oxidation sites excluding steroid dienone is 1. The third-order valence-corrected chi connectivity index (χ3v) is 4.10. The van der Waals surface area contributed by atoms with E-state index in [1.165, 1.54) is 0 Å². The SMILES string of the molecule is CC/C=C(\c1ccccc1C=O)N(C)CCNC(=O)OCc1ccccc1. The summed E-state index contributed by atoms with van der Waals surface area (Å²) in [5.41, 5.74) is 3.46. The van der Waals surface area contributed by atoms with Crippen molar-refractivity contribution >= 4 is 18.1 Å². The molecule has 5 heteroatoms. The molecule has 2 aromatic rings. The molecule has 2 aromatic carbocycles. The second-order valence-electron chi connectivity index (χ2n) is 6.11. The zero-order chi connectivity index (χ0) is 19.5. The molecule has 0 aliphatic rings. The average Bonchev–Trinajstić information content (AvgIpc) is 2.71. The molecule has 0 spiro atoms. The van der Waals surface area contributed by atoms with Crippen molar-refractivity contribution in [1.82, 2.24) is 10.2 Å². The number of hydrogen-bond acceptors (Lipinski definition) is 4. The van der Waals surface area contributed by atoms with Gasteiger partial charge in [-0.2, -0.15) is 0 Å². The smallest absolute Gasteiger partial charge is 0.407 e. The van der Waals surface area contributed by atoms with E-state index in [0.29, 0.717) is 18.7 Å². The summed E-state index contributed by atoms with van der Waals surface area (Å²) < 4.78 is 5.21. The van der Waals surface area contributed by atoms with Crippen LogP contribution in [0.4, 0.5) is 4.79 Å². The van der Waals surface area contributed by atoms with Crippen LogP contribution in [0, 0.1) is 0 Å². The van der Waals surface area contributed by atoms with E-state index in [0.717, 1.165) is 29.5 Å². The molecule has 142 valence electrons. The maximum Gasteiger partial charge on any atom is 0.407 e. The first-order chi connectivity index (χ1) is 13.2. The molecule has 1 amide bonds. The lowest BCUT2D eigenvalue weighted by molar-refractivity contribution is 0.112. The van der Waals surface area contributed by atoms with Crippen LogP contribution >= 0.6 is 0 Å². The van der Waals surface area contributed by atoms with Gasteiger partial charge in [0.1, 0.15) is 6.61 Å². The van der Waals surface area contributed by atoms with Gasteiger partial charge in [-0.15, -0.1) is 0 Å². The van der Waals surface area contributed by atoms with Crippen LogP contribution in [-0.4, -0.2) is 37.4 Å². The van der Waals surface area contributed by atoms with Crippen molar-refractivity contribution in [3.05, 3.63) is 77.4 Å². The number of nitrogens with one attached hydrogen (secondary N) is 1. The second kappa shape index (κ2) is 10.8. The highest BCUT2D eigenvalue weighted by Crippen LogP contribution is 2.21. The van der Waals surface area contributed by atoms with Crippen LogP contribution in [0.5, 0.6) is 0 Å². The normalized spacial score (nSPS) is 11.0. The monoisotopic (exact) mass is 366 g/mol. The number of ether oxygens (including phenoxy) is 1. The molecule has 0 saturated carbocycles. The number of alkyl carbamates (subject to hydrolysis) is 1. The Morgan fingerprint density at radius 2 is 1.81 bits per heavy atom. The predicted octanol–water partition coefficient (Wildman–Crippen LogP) is 4.11. The maximum atomic E-state index is 11.9. The number of amides is 1. The fraction of sp³-hybridized carbons (Fsp3) is 0.273.